The van der Waals surface area contributed by atoms with Crippen LogP contribution in [0.2, 0.25) is 5.02 Å². The van der Waals surface area contributed by atoms with E-state index < -0.39 is 11.6 Å². The van der Waals surface area contributed by atoms with Gasteiger partial charge in [0.1, 0.15) is 0 Å². The van der Waals surface area contributed by atoms with Crippen molar-refractivity contribution in [1.82, 2.24) is 15.3 Å². The highest BCUT2D eigenvalue weighted by atomic mass is 35.5. The van der Waals surface area contributed by atoms with Crippen molar-refractivity contribution in [2.75, 3.05) is 37.7 Å². The lowest BCUT2D eigenvalue weighted by Gasteiger charge is -2.20. The average molecular weight is 419 g/mol. The van der Waals surface area contributed by atoms with Gasteiger partial charge in [0.15, 0.2) is 17.4 Å². The van der Waals surface area contributed by atoms with E-state index in [-0.39, 0.29) is 5.75 Å². The summed E-state index contributed by atoms with van der Waals surface area (Å²) in [5.41, 5.74) is 1.56. The highest BCUT2D eigenvalue weighted by Crippen LogP contribution is 2.52. The minimum absolute atomic E-state index is 0.272. The van der Waals surface area contributed by atoms with Gasteiger partial charge in [-0.1, -0.05) is 17.7 Å². The number of rotatable bonds is 5. The van der Waals surface area contributed by atoms with Gasteiger partial charge in [-0.25, -0.2) is 18.7 Å². The van der Waals surface area contributed by atoms with Crippen molar-refractivity contribution in [1.29, 1.82) is 0 Å². The molecule has 5 rings (SSSR count). The number of benzene rings is 1. The van der Waals surface area contributed by atoms with E-state index in [1.54, 1.807) is 12.4 Å². The maximum absolute atomic E-state index is 14.5. The fourth-order valence-corrected chi connectivity index (χ4v) is 4.57. The molecule has 2 fully saturated rings. The lowest BCUT2D eigenvalue weighted by atomic mass is 10.00. The van der Waals surface area contributed by atoms with Crippen LogP contribution in [0.4, 0.5) is 14.7 Å². The number of nitrogens with one attached hydrogen (secondary N) is 1. The van der Waals surface area contributed by atoms with E-state index in [9.17, 15) is 8.78 Å². The second-order valence-corrected chi connectivity index (χ2v) is 8.30. The Morgan fingerprint density at radius 1 is 1.14 bits per heavy atom. The van der Waals surface area contributed by atoms with Crippen LogP contribution in [0.1, 0.15) is 12.0 Å². The molecule has 2 aliphatic heterocycles. The van der Waals surface area contributed by atoms with Crippen LogP contribution in [0.3, 0.4) is 0 Å². The summed E-state index contributed by atoms with van der Waals surface area (Å²) < 4.78 is 34.6. The zero-order valence-electron chi connectivity index (χ0n) is 15.7. The molecule has 1 N–H and O–H groups in total. The molecule has 1 aliphatic carbocycles. The maximum atomic E-state index is 14.5. The van der Waals surface area contributed by atoms with Crippen LogP contribution in [-0.4, -0.2) is 42.8 Å². The number of hydrogen-bond acceptors (Lipinski definition) is 5. The number of anilines is 1. The molecule has 0 amide bonds. The first-order valence-corrected chi connectivity index (χ1v) is 10.2. The fourth-order valence-electron chi connectivity index (χ4n) is 4.48. The van der Waals surface area contributed by atoms with Gasteiger partial charge in [0.2, 0.25) is 5.95 Å². The van der Waals surface area contributed by atoms with Gasteiger partial charge in [0.25, 0.3) is 0 Å². The van der Waals surface area contributed by atoms with E-state index in [1.165, 1.54) is 12.1 Å². The van der Waals surface area contributed by atoms with Gasteiger partial charge >= 0.3 is 0 Å². The molecule has 1 saturated heterocycles. The molecule has 3 aliphatic rings. The predicted molar refractivity (Wildman–Crippen MR) is 107 cm³/mol. The minimum atomic E-state index is -0.638. The van der Waals surface area contributed by atoms with Crippen LogP contribution in [0.25, 0.3) is 5.57 Å². The van der Waals surface area contributed by atoms with Crippen LogP contribution in [0, 0.1) is 29.4 Å². The lowest BCUT2D eigenvalue weighted by molar-refractivity contribution is 0.257. The third-order valence-corrected chi connectivity index (χ3v) is 6.31. The van der Waals surface area contributed by atoms with Gasteiger partial charge in [-0.15, -0.1) is 0 Å². The van der Waals surface area contributed by atoms with E-state index >= 15 is 0 Å². The van der Waals surface area contributed by atoms with Gasteiger partial charge in [0.05, 0.1) is 24.0 Å². The SMILES string of the molecule is Fc1cc(C2=CCNCC2)cc(F)c1OCC1[C@H]2CN(c3ncc(Cl)cn3)C[C@@H]12. The zero-order chi connectivity index (χ0) is 20.0. The van der Waals surface area contributed by atoms with E-state index in [0.29, 0.717) is 40.9 Å². The first kappa shape index (κ1) is 18.8. The van der Waals surface area contributed by atoms with Crippen LogP contribution in [-0.2, 0) is 0 Å². The third kappa shape index (κ3) is 3.69. The first-order chi connectivity index (χ1) is 14.1. The molecule has 0 bridgehead atoms. The van der Waals surface area contributed by atoms with Gasteiger partial charge in [-0.3, -0.25) is 0 Å². The van der Waals surface area contributed by atoms with Crippen molar-refractivity contribution in [2.45, 2.75) is 6.42 Å². The Labute approximate surface area is 172 Å². The van der Waals surface area contributed by atoms with Crippen LogP contribution >= 0.6 is 11.6 Å². The highest BCUT2D eigenvalue weighted by Gasteiger charge is 2.56. The van der Waals surface area contributed by atoms with Crippen LogP contribution in [0.5, 0.6) is 5.75 Å². The molecule has 1 saturated carbocycles. The second-order valence-electron chi connectivity index (χ2n) is 7.86. The molecule has 3 atom stereocenters. The summed E-state index contributed by atoms with van der Waals surface area (Å²) in [6.45, 7) is 3.51. The summed E-state index contributed by atoms with van der Waals surface area (Å²) in [5, 5.41) is 3.70. The summed E-state index contributed by atoms with van der Waals surface area (Å²) >= 11 is 5.83. The standard InChI is InChI=1S/C21H21ClF2N4O/c22-14-7-26-21(27-8-14)28-9-15-16(10-28)17(15)11-29-20-18(23)5-13(6-19(20)24)12-1-3-25-4-2-12/h1,5-8,15-17,25H,2-4,9-11H2/t15-,16+,17?. The molecule has 5 nitrogen and oxygen atoms in total. The van der Waals surface area contributed by atoms with Crippen molar-refractivity contribution in [3.8, 4) is 5.75 Å². The van der Waals surface area contributed by atoms with E-state index in [1.807, 2.05) is 6.08 Å². The van der Waals surface area contributed by atoms with Crippen molar-refractivity contribution >= 4 is 23.1 Å². The lowest BCUT2D eigenvalue weighted by Crippen LogP contribution is -2.27. The number of piperidine rings is 1. The van der Waals surface area contributed by atoms with E-state index in [4.69, 9.17) is 16.3 Å². The number of ether oxygens (including phenoxy) is 1. The largest absolute Gasteiger partial charge is 0.487 e. The minimum Gasteiger partial charge on any atom is -0.487 e. The molecule has 152 valence electrons. The Balaban J connectivity index is 1.19. The number of fused-ring (bicyclic) bond motifs is 1. The predicted octanol–water partition coefficient (Wildman–Crippen LogP) is 3.55. The first-order valence-electron chi connectivity index (χ1n) is 9.84. The van der Waals surface area contributed by atoms with Crippen molar-refractivity contribution in [3.05, 3.63) is 52.8 Å². The summed E-state index contributed by atoms with van der Waals surface area (Å²) in [6.07, 6.45) is 5.91. The topological polar surface area (TPSA) is 50.3 Å². The molecule has 3 heterocycles. The monoisotopic (exact) mass is 418 g/mol. The molecule has 1 aromatic carbocycles. The number of hydrogen-bond donors (Lipinski definition) is 1. The Morgan fingerprint density at radius 2 is 1.83 bits per heavy atom. The Kier molecular flexibility index (Phi) is 4.87. The van der Waals surface area contributed by atoms with E-state index in [0.717, 1.165) is 38.2 Å². The zero-order valence-corrected chi connectivity index (χ0v) is 16.5. The molecule has 8 heteroatoms. The average Bonchev–Trinajstić information content (AvgIpc) is 3.17. The summed E-state index contributed by atoms with van der Waals surface area (Å²) in [4.78, 5) is 10.6. The molecule has 1 aromatic heterocycles. The van der Waals surface area contributed by atoms with E-state index in [2.05, 4.69) is 20.2 Å². The van der Waals surface area contributed by atoms with Crippen LogP contribution in [0.15, 0.2) is 30.6 Å². The molecule has 1 unspecified atom stereocenters. The van der Waals surface area contributed by atoms with Crippen molar-refractivity contribution in [3.63, 3.8) is 0 Å². The maximum Gasteiger partial charge on any atom is 0.225 e. The number of aromatic nitrogens is 2. The Hall–Kier alpha value is -2.25. The Morgan fingerprint density at radius 3 is 2.45 bits per heavy atom. The third-order valence-electron chi connectivity index (χ3n) is 6.11. The summed E-state index contributed by atoms with van der Waals surface area (Å²) in [5.74, 6) is 0.318. The molecule has 29 heavy (non-hydrogen) atoms. The van der Waals surface area contributed by atoms with Gasteiger partial charge in [-0.2, -0.15) is 0 Å². The van der Waals surface area contributed by atoms with Crippen molar-refractivity contribution < 1.29 is 13.5 Å². The molecular formula is C21H21ClF2N4O. The van der Waals surface area contributed by atoms with Gasteiger partial charge in [-0.05, 0) is 48.1 Å². The normalized spacial score (nSPS) is 25.6. The van der Waals surface area contributed by atoms with Gasteiger partial charge in [0, 0.05) is 25.6 Å². The number of halogens is 3. The smallest absolute Gasteiger partial charge is 0.225 e. The van der Waals surface area contributed by atoms with Crippen LogP contribution < -0.4 is 15.0 Å². The van der Waals surface area contributed by atoms with Crippen molar-refractivity contribution in [2.24, 2.45) is 17.8 Å². The molecule has 0 spiro atoms. The fraction of sp³-hybridized carbons (Fsp3) is 0.429. The number of nitrogens with zero attached hydrogens (tertiary/aromatic N) is 3. The second kappa shape index (κ2) is 7.54. The Bertz CT molecular complexity index is 917. The summed E-state index contributed by atoms with van der Waals surface area (Å²) in [6, 6.07) is 2.76. The highest BCUT2D eigenvalue weighted by molar-refractivity contribution is 6.30. The molecule has 2 aromatic rings. The quantitative estimate of drug-likeness (QED) is 0.804. The molecular weight excluding hydrogens is 398 g/mol. The summed E-state index contributed by atoms with van der Waals surface area (Å²) in [7, 11) is 0. The molecule has 0 radical (unpaired) electrons. The van der Waals surface area contributed by atoms with Gasteiger partial charge < -0.3 is 15.0 Å².